The molecule has 136 valence electrons. The van der Waals surface area contributed by atoms with Crippen molar-refractivity contribution in [2.75, 3.05) is 18.6 Å². The van der Waals surface area contributed by atoms with Crippen molar-refractivity contribution < 1.29 is 14.3 Å². The van der Waals surface area contributed by atoms with Crippen LogP contribution in [-0.4, -0.2) is 30.5 Å². The minimum atomic E-state index is -0.341. The fourth-order valence-electron chi connectivity index (χ4n) is 3.72. The van der Waals surface area contributed by atoms with E-state index < -0.39 is 0 Å². The summed E-state index contributed by atoms with van der Waals surface area (Å²) < 4.78 is 5.49. The monoisotopic (exact) mass is 371 g/mol. The number of fused-ring (bicyclic) bond motifs is 1. The summed E-state index contributed by atoms with van der Waals surface area (Å²) in [7, 11) is 1.66. The number of amides is 2. The summed E-state index contributed by atoms with van der Waals surface area (Å²) in [6, 6.07) is 4.23. The van der Waals surface area contributed by atoms with Gasteiger partial charge in [-0.25, -0.2) is 4.98 Å². The van der Waals surface area contributed by atoms with Gasteiger partial charge in [0.25, 0.3) is 0 Å². The number of aromatic nitrogens is 1. The van der Waals surface area contributed by atoms with Crippen molar-refractivity contribution in [2.45, 2.75) is 32.2 Å². The lowest BCUT2D eigenvalue weighted by Gasteiger charge is -2.15. The van der Waals surface area contributed by atoms with E-state index in [-0.39, 0.29) is 24.2 Å². The van der Waals surface area contributed by atoms with Gasteiger partial charge in [-0.05, 0) is 36.5 Å². The molecule has 1 aliphatic heterocycles. The number of rotatable bonds is 5. The van der Waals surface area contributed by atoms with Crippen LogP contribution in [0.4, 0.5) is 5.13 Å². The summed E-state index contributed by atoms with van der Waals surface area (Å²) >= 11 is 1.41. The number of nitrogens with one attached hydrogen (secondary N) is 1. The number of hydrogen-bond donors (Lipinski definition) is 1. The van der Waals surface area contributed by atoms with E-state index in [2.05, 4.69) is 22.4 Å². The summed E-state index contributed by atoms with van der Waals surface area (Å²) in [4.78, 5) is 30.5. The van der Waals surface area contributed by atoms with Crippen LogP contribution in [0.2, 0.25) is 0 Å². The molecule has 1 unspecified atom stereocenters. The molecule has 0 saturated carbocycles. The molecule has 0 bridgehead atoms. The second kappa shape index (κ2) is 7.07. The zero-order valence-corrected chi connectivity index (χ0v) is 15.5. The number of methoxy groups -OCH3 is 1. The number of carbonyl (C=O) groups is 2. The van der Waals surface area contributed by atoms with Gasteiger partial charge in [-0.2, -0.15) is 0 Å². The molecule has 1 aromatic carbocycles. The molecular formula is C19H21N3O3S. The number of carbonyl (C=O) groups excluding carboxylic acids is 2. The number of nitrogens with zero attached hydrogens (tertiary/aromatic N) is 2. The Labute approximate surface area is 156 Å². The topological polar surface area (TPSA) is 71.5 Å². The molecule has 0 radical (unpaired) electrons. The Bertz CT molecular complexity index is 835. The second-order valence-corrected chi connectivity index (χ2v) is 7.60. The Morgan fingerprint density at radius 3 is 2.92 bits per heavy atom. The maximum absolute atomic E-state index is 12.6. The summed E-state index contributed by atoms with van der Waals surface area (Å²) in [5.74, 6) is 0.333. The molecule has 2 aliphatic rings. The van der Waals surface area contributed by atoms with E-state index in [9.17, 15) is 9.59 Å². The Morgan fingerprint density at radius 2 is 2.19 bits per heavy atom. The third-order valence-electron chi connectivity index (χ3n) is 5.09. The van der Waals surface area contributed by atoms with Gasteiger partial charge in [-0.3, -0.25) is 14.5 Å². The van der Waals surface area contributed by atoms with E-state index in [0.29, 0.717) is 18.2 Å². The van der Waals surface area contributed by atoms with Gasteiger partial charge in [0.2, 0.25) is 11.8 Å². The Hall–Kier alpha value is -2.41. The predicted octanol–water partition coefficient (Wildman–Crippen LogP) is 2.31. The van der Waals surface area contributed by atoms with E-state index in [1.54, 1.807) is 18.2 Å². The first-order valence-corrected chi connectivity index (χ1v) is 9.70. The average Bonchev–Trinajstić information content (AvgIpc) is 3.38. The highest BCUT2D eigenvalue weighted by Crippen LogP contribution is 2.30. The van der Waals surface area contributed by atoms with Crippen molar-refractivity contribution >= 4 is 28.3 Å². The molecule has 1 atom stereocenters. The standard InChI is InChI=1S/C19H21N3O3S/c1-25-16-8-13-4-2-3-12(13)7-14(16)10-21-18(24)15-9-17(23)22(11-15)19-20-5-6-26-19/h5-8,15H,2-4,9-11H2,1H3,(H,21,24). The summed E-state index contributed by atoms with van der Waals surface area (Å²) in [6.07, 6.45) is 5.24. The van der Waals surface area contributed by atoms with Crippen LogP contribution in [0.3, 0.4) is 0 Å². The molecule has 1 aromatic heterocycles. The van der Waals surface area contributed by atoms with Crippen LogP contribution < -0.4 is 15.0 Å². The number of aryl methyl sites for hydroxylation is 2. The lowest BCUT2D eigenvalue weighted by molar-refractivity contribution is -0.126. The van der Waals surface area contributed by atoms with E-state index in [0.717, 1.165) is 24.2 Å². The van der Waals surface area contributed by atoms with Crippen molar-refractivity contribution in [3.05, 3.63) is 40.4 Å². The van der Waals surface area contributed by atoms with Gasteiger partial charge in [0.15, 0.2) is 5.13 Å². The van der Waals surface area contributed by atoms with Crippen molar-refractivity contribution in [3.8, 4) is 5.75 Å². The maximum Gasteiger partial charge on any atom is 0.229 e. The zero-order valence-electron chi connectivity index (χ0n) is 14.7. The highest BCUT2D eigenvalue weighted by atomic mass is 32.1. The number of hydrogen-bond acceptors (Lipinski definition) is 5. The number of benzene rings is 1. The quantitative estimate of drug-likeness (QED) is 0.876. The summed E-state index contributed by atoms with van der Waals surface area (Å²) in [6.45, 7) is 0.802. The van der Waals surface area contributed by atoms with Crippen molar-refractivity contribution in [2.24, 2.45) is 5.92 Å². The number of thiazole rings is 1. The molecule has 4 rings (SSSR count). The Morgan fingerprint density at radius 1 is 1.38 bits per heavy atom. The van der Waals surface area contributed by atoms with Crippen molar-refractivity contribution in [1.29, 1.82) is 0 Å². The van der Waals surface area contributed by atoms with E-state index in [1.807, 2.05) is 5.38 Å². The largest absolute Gasteiger partial charge is 0.496 e. The maximum atomic E-state index is 12.6. The van der Waals surface area contributed by atoms with Crippen LogP contribution in [0.5, 0.6) is 5.75 Å². The minimum Gasteiger partial charge on any atom is -0.496 e. The molecule has 2 amide bonds. The highest BCUT2D eigenvalue weighted by molar-refractivity contribution is 7.13. The fraction of sp³-hybridized carbons (Fsp3) is 0.421. The average molecular weight is 371 g/mol. The van der Waals surface area contributed by atoms with Gasteiger partial charge in [0.1, 0.15) is 5.75 Å². The second-order valence-electron chi connectivity index (χ2n) is 6.72. The fourth-order valence-corrected chi connectivity index (χ4v) is 4.39. The van der Waals surface area contributed by atoms with Crippen LogP contribution in [-0.2, 0) is 29.0 Å². The first kappa shape index (κ1) is 17.0. The van der Waals surface area contributed by atoms with E-state index >= 15 is 0 Å². The SMILES string of the molecule is COc1cc2c(cc1CNC(=O)C1CC(=O)N(c3nccs3)C1)CCC2. The molecule has 0 spiro atoms. The van der Waals surface area contributed by atoms with Crippen LogP contribution in [0.25, 0.3) is 0 Å². The summed E-state index contributed by atoms with van der Waals surface area (Å²) in [5.41, 5.74) is 3.68. The predicted molar refractivity (Wildman–Crippen MR) is 99.4 cm³/mol. The van der Waals surface area contributed by atoms with Gasteiger partial charge >= 0.3 is 0 Å². The normalized spacial score (nSPS) is 18.9. The third-order valence-corrected chi connectivity index (χ3v) is 5.89. The molecule has 1 N–H and O–H groups in total. The number of ether oxygens (including phenoxy) is 1. The molecule has 2 heterocycles. The van der Waals surface area contributed by atoms with Gasteiger partial charge in [-0.1, -0.05) is 6.07 Å². The van der Waals surface area contributed by atoms with Crippen LogP contribution in [0.15, 0.2) is 23.7 Å². The van der Waals surface area contributed by atoms with Crippen LogP contribution in [0.1, 0.15) is 29.5 Å². The lowest BCUT2D eigenvalue weighted by Crippen LogP contribution is -2.32. The smallest absolute Gasteiger partial charge is 0.229 e. The molecule has 1 aliphatic carbocycles. The lowest BCUT2D eigenvalue weighted by atomic mass is 10.0. The number of anilines is 1. The van der Waals surface area contributed by atoms with E-state index in [4.69, 9.17) is 4.74 Å². The first-order valence-electron chi connectivity index (χ1n) is 8.82. The zero-order chi connectivity index (χ0) is 18.1. The molecule has 2 aromatic rings. The third kappa shape index (κ3) is 3.19. The first-order chi connectivity index (χ1) is 12.7. The van der Waals surface area contributed by atoms with Gasteiger partial charge in [-0.15, -0.1) is 11.3 Å². The van der Waals surface area contributed by atoms with Gasteiger partial charge < -0.3 is 10.1 Å². The molecular weight excluding hydrogens is 350 g/mol. The van der Waals surface area contributed by atoms with Crippen LogP contribution >= 0.6 is 11.3 Å². The van der Waals surface area contributed by atoms with Gasteiger partial charge in [0, 0.05) is 36.7 Å². The highest BCUT2D eigenvalue weighted by Gasteiger charge is 2.36. The molecule has 1 fully saturated rings. The van der Waals surface area contributed by atoms with Crippen molar-refractivity contribution in [1.82, 2.24) is 10.3 Å². The summed E-state index contributed by atoms with van der Waals surface area (Å²) in [5, 5.41) is 5.47. The molecule has 7 heteroatoms. The van der Waals surface area contributed by atoms with Crippen molar-refractivity contribution in [3.63, 3.8) is 0 Å². The molecule has 6 nitrogen and oxygen atoms in total. The Balaban J connectivity index is 1.41. The van der Waals surface area contributed by atoms with Crippen LogP contribution in [0, 0.1) is 5.92 Å². The minimum absolute atomic E-state index is 0.0461. The van der Waals surface area contributed by atoms with E-state index in [1.165, 1.54) is 28.9 Å². The Kier molecular flexibility index (Phi) is 4.63. The van der Waals surface area contributed by atoms with Gasteiger partial charge in [0.05, 0.1) is 13.0 Å². The molecule has 26 heavy (non-hydrogen) atoms. The molecule has 1 saturated heterocycles.